The quantitative estimate of drug-likeness (QED) is 0.0972. The molecule has 0 radical (unpaired) electrons. The Bertz CT molecular complexity index is 2140. The van der Waals surface area contributed by atoms with E-state index < -0.39 is 77.8 Å². The molecular formula is C44H54N8O8. The molecule has 0 spiro atoms. The van der Waals surface area contributed by atoms with Crippen LogP contribution in [0.25, 0.3) is 10.9 Å². The van der Waals surface area contributed by atoms with Crippen molar-refractivity contribution in [2.75, 3.05) is 13.1 Å². The van der Waals surface area contributed by atoms with Gasteiger partial charge in [-0.05, 0) is 80.5 Å². The molecule has 3 heterocycles. The fraction of sp³-hybridized carbons (Fsp3) is 0.409. The minimum absolute atomic E-state index is 0.00879. The zero-order valence-electron chi connectivity index (χ0n) is 33.6. The average Bonchev–Trinajstić information content (AvgIpc) is 3.90. The second-order valence-electron chi connectivity index (χ2n) is 15.6. The Morgan fingerprint density at radius 2 is 1.28 bits per heavy atom. The molecule has 7 unspecified atom stereocenters. The molecule has 0 saturated carbocycles. The van der Waals surface area contributed by atoms with E-state index in [1.807, 2.05) is 30.3 Å². The number of H-pyrrole nitrogens is 1. The van der Waals surface area contributed by atoms with Crippen LogP contribution in [0.5, 0.6) is 5.75 Å². The number of phenolic OH excluding ortho intramolecular Hbond substituents is 1. The number of nitrogens with one attached hydrogen (secondary N) is 6. The molecule has 0 bridgehead atoms. The molecule has 2 saturated heterocycles. The first-order valence-electron chi connectivity index (χ1n) is 20.5. The number of aromatic nitrogens is 1. The minimum Gasteiger partial charge on any atom is -0.508 e. The predicted octanol–water partition coefficient (Wildman–Crippen LogP) is 0.840. The number of benzene rings is 3. The van der Waals surface area contributed by atoms with Gasteiger partial charge in [-0.3, -0.25) is 28.8 Å². The number of unbranched alkanes of at least 4 members (excludes halogenated alkanes) is 1. The Balaban J connectivity index is 1.40. The molecule has 2 aliphatic rings. The van der Waals surface area contributed by atoms with Gasteiger partial charge in [0.15, 0.2) is 0 Å². The summed E-state index contributed by atoms with van der Waals surface area (Å²) in [6, 6.07) is 15.1. The third-order valence-electron chi connectivity index (χ3n) is 11.1. The number of carbonyl (C=O) groups is 6. The van der Waals surface area contributed by atoms with Gasteiger partial charge in [-0.15, -0.1) is 0 Å². The maximum atomic E-state index is 14.5. The van der Waals surface area contributed by atoms with Crippen molar-refractivity contribution >= 4 is 46.3 Å². The van der Waals surface area contributed by atoms with Crippen LogP contribution < -0.4 is 32.3 Å². The number of carbonyl (C=O) groups excluding carboxylic acids is 6. The highest BCUT2D eigenvalue weighted by Crippen LogP contribution is 2.23. The fourth-order valence-corrected chi connectivity index (χ4v) is 7.85. The summed E-state index contributed by atoms with van der Waals surface area (Å²) in [5, 5.41) is 35.5. The molecule has 6 amide bonds. The lowest BCUT2D eigenvalue weighted by Gasteiger charge is -2.32. The number of aliphatic hydroxyl groups excluding tert-OH is 1. The zero-order chi connectivity index (χ0) is 42.8. The van der Waals surface area contributed by atoms with Crippen LogP contribution in [0.4, 0.5) is 0 Å². The van der Waals surface area contributed by atoms with E-state index in [1.165, 1.54) is 24.0 Å². The summed E-state index contributed by atoms with van der Waals surface area (Å²) in [7, 11) is 0. The number of aromatic amines is 1. The number of phenols is 1. The van der Waals surface area contributed by atoms with Crippen molar-refractivity contribution in [2.45, 2.75) is 101 Å². The van der Waals surface area contributed by atoms with Crippen LogP contribution in [-0.4, -0.2) is 111 Å². The number of fused-ring (bicyclic) bond motifs is 2. The molecule has 7 atom stereocenters. The molecule has 60 heavy (non-hydrogen) atoms. The van der Waals surface area contributed by atoms with Gasteiger partial charge in [0, 0.05) is 42.9 Å². The summed E-state index contributed by atoms with van der Waals surface area (Å²) in [6.45, 7) is 1.85. The molecule has 10 N–H and O–H groups in total. The minimum atomic E-state index is -1.53. The highest BCUT2D eigenvalue weighted by molar-refractivity contribution is 5.99. The molecule has 4 aromatic rings. The first kappa shape index (κ1) is 43.3. The number of amides is 6. The Kier molecular flexibility index (Phi) is 14.5. The van der Waals surface area contributed by atoms with Crippen LogP contribution in [0.3, 0.4) is 0 Å². The standard InChI is InChI=1S/C44H54N8O8/c1-26(53)38-43(59)50-36(23-27-10-3-2-4-11-27)44(60)52-21-9-15-37(52)42(58)49-34(22-28-16-18-30(54)19-17-28)40(56)48-35(24-29-25-46-32-13-6-5-12-31(29)32)41(57)47-33(39(55)51-38)14-7-8-20-45/h2-6,10-13,16-19,25-26,33-38,46,53-54H,7-9,14-15,20-24,45H2,1H3,(H,47,57)(H,48,56)(H,49,58)(H,50,59)(H,51,55). The fourth-order valence-electron chi connectivity index (χ4n) is 7.85. The summed E-state index contributed by atoms with van der Waals surface area (Å²) in [4.78, 5) is 90.3. The van der Waals surface area contributed by atoms with E-state index in [0.29, 0.717) is 42.5 Å². The Morgan fingerprint density at radius 3 is 2.00 bits per heavy atom. The number of rotatable bonds is 11. The molecule has 6 rings (SSSR count). The van der Waals surface area contributed by atoms with Crippen LogP contribution >= 0.6 is 0 Å². The molecule has 1 aromatic heterocycles. The van der Waals surface area contributed by atoms with Crippen LogP contribution in [-0.2, 0) is 48.0 Å². The van der Waals surface area contributed by atoms with Gasteiger partial charge in [0.2, 0.25) is 35.4 Å². The number of para-hydroxylation sites is 1. The first-order valence-corrected chi connectivity index (χ1v) is 20.5. The normalized spacial score (nSPS) is 24.0. The molecule has 3 aromatic carbocycles. The van der Waals surface area contributed by atoms with Gasteiger partial charge in [-0.25, -0.2) is 0 Å². The maximum absolute atomic E-state index is 14.5. The van der Waals surface area contributed by atoms with Crippen LogP contribution in [0.15, 0.2) is 85.1 Å². The number of nitrogens with zero attached hydrogens (tertiary/aromatic N) is 1. The smallest absolute Gasteiger partial charge is 0.246 e. The van der Waals surface area contributed by atoms with E-state index >= 15 is 0 Å². The lowest BCUT2D eigenvalue weighted by atomic mass is 10.00. The summed E-state index contributed by atoms with van der Waals surface area (Å²) in [5.41, 5.74) is 8.59. The molecule has 16 heteroatoms. The van der Waals surface area contributed by atoms with E-state index in [2.05, 4.69) is 31.6 Å². The summed E-state index contributed by atoms with van der Waals surface area (Å²) < 4.78 is 0. The van der Waals surface area contributed by atoms with Gasteiger partial charge < -0.3 is 52.4 Å². The number of aromatic hydroxyl groups is 1. The van der Waals surface area contributed by atoms with Crippen molar-refractivity contribution in [1.29, 1.82) is 0 Å². The van der Waals surface area contributed by atoms with Gasteiger partial charge in [-0.2, -0.15) is 0 Å². The predicted molar refractivity (Wildman–Crippen MR) is 223 cm³/mol. The molecular weight excluding hydrogens is 769 g/mol. The summed E-state index contributed by atoms with van der Waals surface area (Å²) in [5.74, 6) is -4.13. The van der Waals surface area contributed by atoms with Gasteiger partial charge in [0.05, 0.1) is 6.10 Å². The molecule has 2 aliphatic heterocycles. The highest BCUT2D eigenvalue weighted by atomic mass is 16.3. The Hall–Kier alpha value is -6.26. The van der Waals surface area contributed by atoms with Crippen molar-refractivity contribution in [1.82, 2.24) is 36.5 Å². The topological polar surface area (TPSA) is 248 Å². The Labute approximate surface area is 348 Å². The molecule has 0 aliphatic carbocycles. The van der Waals surface area contributed by atoms with E-state index in [-0.39, 0.29) is 44.4 Å². The maximum Gasteiger partial charge on any atom is 0.246 e. The molecule has 318 valence electrons. The van der Waals surface area contributed by atoms with Gasteiger partial charge >= 0.3 is 0 Å². The van der Waals surface area contributed by atoms with E-state index in [9.17, 15) is 39.0 Å². The largest absolute Gasteiger partial charge is 0.508 e. The van der Waals surface area contributed by atoms with Crippen molar-refractivity contribution in [3.8, 4) is 5.75 Å². The molecule has 16 nitrogen and oxygen atoms in total. The third kappa shape index (κ3) is 10.9. The van der Waals surface area contributed by atoms with E-state index in [4.69, 9.17) is 5.73 Å². The lowest BCUT2D eigenvalue weighted by Crippen LogP contribution is -2.63. The Morgan fingerprint density at radius 1 is 0.683 bits per heavy atom. The number of hydrogen-bond donors (Lipinski definition) is 9. The van der Waals surface area contributed by atoms with Gasteiger partial charge in [0.1, 0.15) is 42.0 Å². The SMILES string of the molecule is CC(O)C1NC(=O)C(CCCCN)NC(=O)C(Cc2c[nH]c3ccccc23)NC(=O)C(Cc2ccc(O)cc2)NC(=O)C2CCCN2C(=O)C(Cc2ccccc2)NC1=O. The highest BCUT2D eigenvalue weighted by Gasteiger charge is 2.41. The molecule has 2 fully saturated rings. The number of hydrogen-bond acceptors (Lipinski definition) is 9. The average molecular weight is 823 g/mol. The first-order chi connectivity index (χ1) is 28.9. The van der Waals surface area contributed by atoms with Gasteiger partial charge in [0.25, 0.3) is 0 Å². The third-order valence-corrected chi connectivity index (χ3v) is 11.1. The van der Waals surface area contributed by atoms with E-state index in [1.54, 1.807) is 42.6 Å². The monoisotopic (exact) mass is 822 g/mol. The summed E-state index contributed by atoms with van der Waals surface area (Å²) >= 11 is 0. The second-order valence-corrected chi connectivity index (χ2v) is 15.6. The summed E-state index contributed by atoms with van der Waals surface area (Å²) in [6.07, 6.45) is 2.12. The lowest BCUT2D eigenvalue weighted by molar-refractivity contribution is -0.143. The van der Waals surface area contributed by atoms with Crippen molar-refractivity contribution < 1.29 is 39.0 Å². The van der Waals surface area contributed by atoms with E-state index in [0.717, 1.165) is 10.9 Å². The van der Waals surface area contributed by atoms with Crippen molar-refractivity contribution in [3.63, 3.8) is 0 Å². The number of nitrogens with two attached hydrogens (primary N) is 1. The van der Waals surface area contributed by atoms with Crippen molar-refractivity contribution in [2.24, 2.45) is 5.73 Å². The van der Waals surface area contributed by atoms with Crippen LogP contribution in [0, 0.1) is 0 Å². The number of aliphatic hydroxyl groups is 1. The van der Waals surface area contributed by atoms with Crippen LogP contribution in [0.2, 0.25) is 0 Å². The zero-order valence-corrected chi connectivity index (χ0v) is 33.6. The van der Waals surface area contributed by atoms with Gasteiger partial charge in [-0.1, -0.05) is 60.7 Å². The van der Waals surface area contributed by atoms with Crippen LogP contribution in [0.1, 0.15) is 55.7 Å². The second kappa shape index (κ2) is 20.1. The van der Waals surface area contributed by atoms with Crippen molar-refractivity contribution in [3.05, 3.63) is 102 Å².